The van der Waals surface area contributed by atoms with Crippen LogP contribution in [-0.2, 0) is 6.42 Å². The van der Waals surface area contributed by atoms with Crippen LogP contribution in [0, 0.1) is 18.6 Å². The summed E-state index contributed by atoms with van der Waals surface area (Å²) in [6.07, 6.45) is 0.605. The Morgan fingerprint density at radius 3 is 2.55 bits per heavy atom. The molecule has 0 aliphatic rings. The minimum absolute atomic E-state index is 0.0449. The van der Waals surface area contributed by atoms with Gasteiger partial charge in [-0.05, 0) is 44.0 Å². The molecule has 4 heteroatoms. The highest BCUT2D eigenvalue weighted by molar-refractivity contribution is 5.41. The highest BCUT2D eigenvalue weighted by Crippen LogP contribution is 2.29. The smallest absolute Gasteiger partial charge is 0.165 e. The predicted molar refractivity (Wildman–Crippen MR) is 75.0 cm³/mol. The van der Waals surface area contributed by atoms with Crippen LogP contribution < -0.4 is 10.5 Å². The van der Waals surface area contributed by atoms with Gasteiger partial charge in [-0.15, -0.1) is 0 Å². The van der Waals surface area contributed by atoms with Gasteiger partial charge in [-0.25, -0.2) is 8.78 Å². The highest BCUT2D eigenvalue weighted by Gasteiger charge is 2.11. The number of hydrogen-bond donors (Lipinski definition) is 1. The number of halogens is 2. The van der Waals surface area contributed by atoms with Crippen molar-refractivity contribution in [3.8, 4) is 11.5 Å². The van der Waals surface area contributed by atoms with Crippen molar-refractivity contribution in [1.82, 2.24) is 0 Å². The summed E-state index contributed by atoms with van der Waals surface area (Å²) in [7, 11) is 0. The van der Waals surface area contributed by atoms with Crippen molar-refractivity contribution in [1.29, 1.82) is 0 Å². The number of aryl methyl sites for hydroxylation is 1. The lowest BCUT2D eigenvalue weighted by Gasteiger charge is -2.14. The van der Waals surface area contributed by atoms with E-state index in [2.05, 4.69) is 0 Å². The van der Waals surface area contributed by atoms with Crippen LogP contribution >= 0.6 is 0 Å². The van der Waals surface area contributed by atoms with Crippen molar-refractivity contribution in [2.45, 2.75) is 26.3 Å². The third kappa shape index (κ3) is 3.54. The monoisotopic (exact) mass is 277 g/mol. The van der Waals surface area contributed by atoms with Gasteiger partial charge in [0.2, 0.25) is 0 Å². The third-order valence-corrected chi connectivity index (χ3v) is 2.87. The van der Waals surface area contributed by atoms with Crippen LogP contribution in [0.15, 0.2) is 36.4 Å². The fourth-order valence-electron chi connectivity index (χ4n) is 1.99. The maximum atomic E-state index is 13.6. The van der Waals surface area contributed by atoms with Gasteiger partial charge in [0.25, 0.3) is 0 Å². The van der Waals surface area contributed by atoms with Crippen molar-refractivity contribution in [2.24, 2.45) is 5.73 Å². The molecule has 0 aliphatic heterocycles. The van der Waals surface area contributed by atoms with Gasteiger partial charge in [0, 0.05) is 12.1 Å². The zero-order chi connectivity index (χ0) is 14.7. The van der Waals surface area contributed by atoms with Crippen LogP contribution in [0.4, 0.5) is 8.78 Å². The fourth-order valence-corrected chi connectivity index (χ4v) is 1.99. The largest absolute Gasteiger partial charge is 0.454 e. The summed E-state index contributed by atoms with van der Waals surface area (Å²) >= 11 is 0. The summed E-state index contributed by atoms with van der Waals surface area (Å²) in [6.45, 7) is 3.84. The molecule has 0 saturated heterocycles. The fraction of sp³-hybridized carbons (Fsp3) is 0.250. The molecule has 106 valence electrons. The molecule has 0 saturated carbocycles. The van der Waals surface area contributed by atoms with E-state index in [1.165, 1.54) is 0 Å². The van der Waals surface area contributed by atoms with E-state index in [0.717, 1.165) is 29.3 Å². The van der Waals surface area contributed by atoms with Crippen LogP contribution in [0.1, 0.15) is 18.1 Å². The lowest BCUT2D eigenvalue weighted by atomic mass is 10.0. The second-order valence-corrected chi connectivity index (χ2v) is 4.97. The summed E-state index contributed by atoms with van der Waals surface area (Å²) in [4.78, 5) is 0. The summed E-state index contributed by atoms with van der Waals surface area (Å²) in [5.41, 5.74) is 7.74. The van der Waals surface area contributed by atoms with Crippen molar-refractivity contribution in [2.75, 3.05) is 0 Å². The first kappa shape index (κ1) is 14.5. The zero-order valence-electron chi connectivity index (χ0n) is 11.5. The van der Waals surface area contributed by atoms with E-state index in [4.69, 9.17) is 10.5 Å². The number of ether oxygens (including phenoxy) is 1. The van der Waals surface area contributed by atoms with Crippen LogP contribution in [-0.4, -0.2) is 6.04 Å². The second kappa shape index (κ2) is 6.01. The SMILES string of the molecule is Cc1ccc(Oc2cc(F)ccc2F)c(CC(C)N)c1. The van der Waals surface area contributed by atoms with Gasteiger partial charge in [0.05, 0.1) is 0 Å². The van der Waals surface area contributed by atoms with E-state index in [9.17, 15) is 8.78 Å². The number of benzene rings is 2. The van der Waals surface area contributed by atoms with Crippen molar-refractivity contribution in [3.05, 3.63) is 59.2 Å². The number of rotatable bonds is 4. The van der Waals surface area contributed by atoms with Crippen molar-refractivity contribution >= 4 is 0 Å². The van der Waals surface area contributed by atoms with Gasteiger partial charge in [-0.2, -0.15) is 0 Å². The Hall–Kier alpha value is -1.94. The molecule has 0 bridgehead atoms. The Kier molecular flexibility index (Phi) is 4.35. The van der Waals surface area contributed by atoms with Gasteiger partial charge in [0.1, 0.15) is 11.6 Å². The molecule has 0 aliphatic carbocycles. The minimum Gasteiger partial charge on any atom is -0.454 e. The van der Waals surface area contributed by atoms with Crippen LogP contribution in [0.2, 0.25) is 0 Å². The molecular formula is C16H17F2NO. The molecule has 1 atom stereocenters. The molecule has 2 rings (SSSR count). The number of nitrogens with two attached hydrogens (primary N) is 1. The maximum absolute atomic E-state index is 13.6. The molecule has 0 radical (unpaired) electrons. The molecule has 2 N–H and O–H groups in total. The summed E-state index contributed by atoms with van der Waals surface area (Å²) in [6, 6.07) is 8.64. The predicted octanol–water partition coefficient (Wildman–Crippen LogP) is 3.96. The van der Waals surface area contributed by atoms with Crippen LogP contribution in [0.3, 0.4) is 0 Å². The summed E-state index contributed by atoms with van der Waals surface area (Å²) < 4.78 is 32.3. The quantitative estimate of drug-likeness (QED) is 0.918. The highest BCUT2D eigenvalue weighted by atomic mass is 19.1. The van der Waals surface area contributed by atoms with E-state index >= 15 is 0 Å². The lowest BCUT2D eigenvalue weighted by molar-refractivity contribution is 0.431. The average molecular weight is 277 g/mol. The maximum Gasteiger partial charge on any atom is 0.165 e. The normalized spacial score (nSPS) is 12.2. The van der Waals surface area contributed by atoms with E-state index < -0.39 is 11.6 Å². The van der Waals surface area contributed by atoms with E-state index in [1.807, 2.05) is 26.0 Å². The lowest BCUT2D eigenvalue weighted by Crippen LogP contribution is -2.18. The molecule has 2 aromatic rings. The molecule has 0 aromatic heterocycles. The van der Waals surface area contributed by atoms with Crippen molar-refractivity contribution < 1.29 is 13.5 Å². The molecule has 20 heavy (non-hydrogen) atoms. The van der Waals surface area contributed by atoms with Gasteiger partial charge in [0.15, 0.2) is 11.6 Å². The average Bonchev–Trinajstić information content (AvgIpc) is 2.36. The Balaban J connectivity index is 2.35. The van der Waals surface area contributed by atoms with Gasteiger partial charge in [-0.1, -0.05) is 17.7 Å². The standard InChI is InChI=1S/C16H17F2NO/c1-10-3-6-15(12(7-10)8-11(2)19)20-16-9-13(17)4-5-14(16)18/h3-7,9,11H,8,19H2,1-2H3. The molecule has 0 heterocycles. The minimum atomic E-state index is -0.598. The van der Waals surface area contributed by atoms with Crippen LogP contribution in [0.25, 0.3) is 0 Å². The van der Waals surface area contributed by atoms with E-state index in [1.54, 1.807) is 6.07 Å². The molecule has 0 fully saturated rings. The van der Waals surface area contributed by atoms with Gasteiger partial charge < -0.3 is 10.5 Å². The Bertz CT molecular complexity index is 611. The van der Waals surface area contributed by atoms with Crippen molar-refractivity contribution in [3.63, 3.8) is 0 Å². The van der Waals surface area contributed by atoms with Gasteiger partial charge >= 0.3 is 0 Å². The van der Waals surface area contributed by atoms with E-state index in [-0.39, 0.29) is 11.8 Å². The van der Waals surface area contributed by atoms with Crippen LogP contribution in [0.5, 0.6) is 11.5 Å². The Labute approximate surface area is 117 Å². The second-order valence-electron chi connectivity index (χ2n) is 4.97. The Morgan fingerprint density at radius 2 is 1.85 bits per heavy atom. The zero-order valence-corrected chi connectivity index (χ0v) is 11.5. The first-order chi connectivity index (χ1) is 9.45. The molecular weight excluding hydrogens is 260 g/mol. The molecule has 1 unspecified atom stereocenters. The third-order valence-electron chi connectivity index (χ3n) is 2.87. The Morgan fingerprint density at radius 1 is 1.10 bits per heavy atom. The molecule has 2 nitrogen and oxygen atoms in total. The van der Waals surface area contributed by atoms with E-state index in [0.29, 0.717) is 12.2 Å². The first-order valence-corrected chi connectivity index (χ1v) is 6.43. The summed E-state index contributed by atoms with van der Waals surface area (Å²) in [5.74, 6) is -0.766. The molecule has 0 spiro atoms. The van der Waals surface area contributed by atoms with Gasteiger partial charge in [-0.3, -0.25) is 0 Å². The first-order valence-electron chi connectivity index (χ1n) is 6.43. The molecule has 0 amide bonds. The number of hydrogen-bond acceptors (Lipinski definition) is 2. The molecule has 2 aromatic carbocycles. The topological polar surface area (TPSA) is 35.2 Å². The summed E-state index contributed by atoms with van der Waals surface area (Å²) in [5, 5.41) is 0.